The number of hydrogen-bond acceptors (Lipinski definition) is 4. The maximum absolute atomic E-state index is 4.45. The SMILES string of the molecule is CC(C)(C)c1ccc(N2CCN(C3CCCC3)CC2)nn1. The van der Waals surface area contributed by atoms with Gasteiger partial charge in [-0.2, -0.15) is 5.10 Å². The Bertz CT molecular complexity index is 449. The van der Waals surface area contributed by atoms with Crippen molar-refractivity contribution >= 4 is 5.82 Å². The molecule has 4 nitrogen and oxygen atoms in total. The van der Waals surface area contributed by atoms with Gasteiger partial charge in [0.15, 0.2) is 5.82 Å². The van der Waals surface area contributed by atoms with Gasteiger partial charge in [-0.3, -0.25) is 4.90 Å². The zero-order valence-electron chi connectivity index (χ0n) is 13.7. The van der Waals surface area contributed by atoms with Gasteiger partial charge in [0.05, 0.1) is 5.69 Å². The topological polar surface area (TPSA) is 32.3 Å². The summed E-state index contributed by atoms with van der Waals surface area (Å²) < 4.78 is 0. The molecule has 4 heteroatoms. The fraction of sp³-hybridized carbons (Fsp3) is 0.765. The molecule has 3 rings (SSSR count). The van der Waals surface area contributed by atoms with E-state index in [2.05, 4.69) is 52.9 Å². The van der Waals surface area contributed by atoms with E-state index >= 15 is 0 Å². The molecule has 0 spiro atoms. The highest BCUT2D eigenvalue weighted by Crippen LogP contribution is 2.25. The molecule has 1 aromatic heterocycles. The van der Waals surface area contributed by atoms with Gasteiger partial charge in [-0.25, -0.2) is 0 Å². The first-order valence-corrected chi connectivity index (χ1v) is 8.37. The van der Waals surface area contributed by atoms with Gasteiger partial charge in [0.25, 0.3) is 0 Å². The Balaban J connectivity index is 1.59. The zero-order valence-corrected chi connectivity index (χ0v) is 13.7. The summed E-state index contributed by atoms with van der Waals surface area (Å²) >= 11 is 0. The third-order valence-electron chi connectivity index (χ3n) is 4.90. The Hall–Kier alpha value is -1.16. The second-order valence-corrected chi connectivity index (χ2v) is 7.49. The van der Waals surface area contributed by atoms with Crippen LogP contribution in [0.4, 0.5) is 5.82 Å². The van der Waals surface area contributed by atoms with Crippen molar-refractivity contribution in [2.45, 2.75) is 57.9 Å². The fourth-order valence-electron chi connectivity index (χ4n) is 3.48. The molecule has 2 fully saturated rings. The minimum absolute atomic E-state index is 0.0761. The van der Waals surface area contributed by atoms with Crippen LogP contribution in [0.5, 0.6) is 0 Å². The summed E-state index contributed by atoms with van der Waals surface area (Å²) in [6, 6.07) is 5.12. The van der Waals surface area contributed by atoms with E-state index in [0.29, 0.717) is 0 Å². The van der Waals surface area contributed by atoms with Crippen LogP contribution in [0.2, 0.25) is 0 Å². The molecule has 1 saturated heterocycles. The number of hydrogen-bond donors (Lipinski definition) is 0. The van der Waals surface area contributed by atoms with Crippen LogP contribution in [0.25, 0.3) is 0 Å². The molecule has 2 heterocycles. The molecule has 0 N–H and O–H groups in total. The standard InChI is InChI=1S/C17H28N4/c1-17(2,3)15-8-9-16(19-18-15)21-12-10-20(11-13-21)14-6-4-5-7-14/h8-9,14H,4-7,10-13H2,1-3H3. The molecule has 0 aromatic carbocycles. The second kappa shape index (κ2) is 5.91. The van der Waals surface area contributed by atoms with E-state index in [9.17, 15) is 0 Å². The summed E-state index contributed by atoms with van der Waals surface area (Å²) in [5.41, 5.74) is 1.14. The molecule has 21 heavy (non-hydrogen) atoms. The normalized spacial score (nSPS) is 22.0. The lowest BCUT2D eigenvalue weighted by Gasteiger charge is -2.38. The van der Waals surface area contributed by atoms with Gasteiger partial charge in [-0.15, -0.1) is 5.10 Å². The van der Waals surface area contributed by atoms with Gasteiger partial charge >= 0.3 is 0 Å². The number of aromatic nitrogens is 2. The fourth-order valence-corrected chi connectivity index (χ4v) is 3.48. The van der Waals surface area contributed by atoms with Crippen molar-refractivity contribution in [3.8, 4) is 0 Å². The molecular formula is C17H28N4. The van der Waals surface area contributed by atoms with Crippen LogP contribution >= 0.6 is 0 Å². The highest BCUT2D eigenvalue weighted by Gasteiger charge is 2.26. The number of anilines is 1. The molecule has 0 atom stereocenters. The third kappa shape index (κ3) is 3.37. The van der Waals surface area contributed by atoms with Crippen LogP contribution in [0.15, 0.2) is 12.1 Å². The largest absolute Gasteiger partial charge is 0.353 e. The zero-order chi connectivity index (χ0) is 14.9. The van der Waals surface area contributed by atoms with E-state index in [4.69, 9.17) is 0 Å². The van der Waals surface area contributed by atoms with E-state index in [-0.39, 0.29) is 5.41 Å². The van der Waals surface area contributed by atoms with Crippen LogP contribution in [-0.2, 0) is 5.41 Å². The number of rotatable bonds is 2. The molecule has 0 radical (unpaired) electrons. The van der Waals surface area contributed by atoms with Crippen molar-refractivity contribution in [2.24, 2.45) is 0 Å². The first kappa shape index (κ1) is 14.8. The van der Waals surface area contributed by atoms with Crippen molar-refractivity contribution in [3.63, 3.8) is 0 Å². The first-order valence-electron chi connectivity index (χ1n) is 8.37. The van der Waals surface area contributed by atoms with E-state index in [0.717, 1.165) is 30.6 Å². The Labute approximate surface area is 128 Å². The van der Waals surface area contributed by atoms with E-state index in [1.54, 1.807) is 0 Å². The van der Waals surface area contributed by atoms with Gasteiger partial charge in [0, 0.05) is 37.6 Å². The Morgan fingerprint density at radius 1 is 0.952 bits per heavy atom. The monoisotopic (exact) mass is 288 g/mol. The molecule has 1 aromatic rings. The number of piperazine rings is 1. The minimum atomic E-state index is 0.0761. The molecule has 1 aliphatic heterocycles. The smallest absolute Gasteiger partial charge is 0.151 e. The van der Waals surface area contributed by atoms with Crippen molar-refractivity contribution < 1.29 is 0 Å². The summed E-state index contributed by atoms with van der Waals surface area (Å²) in [4.78, 5) is 5.06. The van der Waals surface area contributed by atoms with Crippen LogP contribution < -0.4 is 4.90 Å². The van der Waals surface area contributed by atoms with Crippen LogP contribution in [0.3, 0.4) is 0 Å². The summed E-state index contributed by atoms with van der Waals surface area (Å²) in [5.74, 6) is 1.04. The van der Waals surface area contributed by atoms with E-state index in [1.807, 2.05) is 0 Å². The molecule has 0 unspecified atom stereocenters. The average Bonchev–Trinajstić information content (AvgIpc) is 3.01. The number of nitrogens with zero attached hydrogens (tertiary/aromatic N) is 4. The summed E-state index contributed by atoms with van der Waals surface area (Å²) in [6.07, 6.45) is 5.65. The highest BCUT2D eigenvalue weighted by atomic mass is 15.3. The van der Waals surface area contributed by atoms with Gasteiger partial charge in [0.2, 0.25) is 0 Å². The molecule has 0 amide bonds. The quantitative estimate of drug-likeness (QED) is 0.837. The first-order chi connectivity index (χ1) is 10.0. The van der Waals surface area contributed by atoms with Crippen molar-refractivity contribution in [3.05, 3.63) is 17.8 Å². The molecule has 1 aliphatic carbocycles. The third-order valence-corrected chi connectivity index (χ3v) is 4.90. The summed E-state index contributed by atoms with van der Waals surface area (Å²) in [7, 11) is 0. The molecule has 116 valence electrons. The maximum atomic E-state index is 4.45. The second-order valence-electron chi connectivity index (χ2n) is 7.49. The van der Waals surface area contributed by atoms with Crippen molar-refractivity contribution in [1.82, 2.24) is 15.1 Å². The lowest BCUT2D eigenvalue weighted by Crippen LogP contribution is -2.50. The van der Waals surface area contributed by atoms with Gasteiger partial charge in [-0.05, 0) is 25.0 Å². The predicted molar refractivity (Wildman–Crippen MR) is 86.8 cm³/mol. The van der Waals surface area contributed by atoms with Gasteiger partial charge < -0.3 is 4.90 Å². The van der Waals surface area contributed by atoms with Gasteiger partial charge in [0.1, 0.15) is 0 Å². The average molecular weight is 288 g/mol. The predicted octanol–water partition coefficient (Wildman–Crippen LogP) is 2.84. The van der Waals surface area contributed by atoms with Crippen LogP contribution in [0.1, 0.15) is 52.1 Å². The lowest BCUT2D eigenvalue weighted by molar-refractivity contribution is 0.187. The Morgan fingerprint density at radius 3 is 2.14 bits per heavy atom. The van der Waals surface area contributed by atoms with Crippen molar-refractivity contribution in [2.75, 3.05) is 31.1 Å². The molecule has 0 bridgehead atoms. The summed E-state index contributed by atoms with van der Waals surface area (Å²) in [5, 5.41) is 8.87. The minimum Gasteiger partial charge on any atom is -0.353 e. The van der Waals surface area contributed by atoms with Crippen LogP contribution in [0, 0.1) is 0 Å². The van der Waals surface area contributed by atoms with Crippen LogP contribution in [-0.4, -0.2) is 47.3 Å². The lowest BCUT2D eigenvalue weighted by atomic mass is 9.92. The summed E-state index contributed by atoms with van der Waals surface area (Å²) in [6.45, 7) is 11.0. The van der Waals surface area contributed by atoms with Gasteiger partial charge in [-0.1, -0.05) is 33.6 Å². The molecule has 2 aliphatic rings. The maximum Gasteiger partial charge on any atom is 0.151 e. The highest BCUT2D eigenvalue weighted by molar-refractivity contribution is 5.38. The molecule has 1 saturated carbocycles. The van der Waals surface area contributed by atoms with E-state index < -0.39 is 0 Å². The van der Waals surface area contributed by atoms with Crippen molar-refractivity contribution in [1.29, 1.82) is 0 Å². The van der Waals surface area contributed by atoms with E-state index in [1.165, 1.54) is 38.8 Å². The molecular weight excluding hydrogens is 260 g/mol. The Morgan fingerprint density at radius 2 is 1.62 bits per heavy atom. The Kier molecular flexibility index (Phi) is 4.16.